The molecule has 0 radical (unpaired) electrons. The summed E-state index contributed by atoms with van der Waals surface area (Å²) >= 11 is 0. The van der Waals surface area contributed by atoms with Gasteiger partial charge in [-0.3, -0.25) is 0 Å². The number of nitrogens with zero attached hydrogens (tertiary/aromatic N) is 3. The van der Waals surface area contributed by atoms with Crippen LogP contribution < -0.4 is 5.73 Å². The molecule has 2 aromatic heterocycles. The van der Waals surface area contributed by atoms with E-state index in [0.717, 1.165) is 17.9 Å². The molecule has 0 saturated heterocycles. The fraction of sp³-hybridized carbons (Fsp3) is 0.125. The summed E-state index contributed by atoms with van der Waals surface area (Å²) in [5.74, 6) is 0.299. The molecule has 0 saturated carbocycles. The Hall–Kier alpha value is -2.62. The van der Waals surface area contributed by atoms with Crippen LogP contribution in [0, 0.1) is 0 Å². The Balaban J connectivity index is 2.13. The maximum atomic E-state index is 5.67. The van der Waals surface area contributed by atoms with E-state index in [9.17, 15) is 0 Å². The van der Waals surface area contributed by atoms with E-state index in [2.05, 4.69) is 45.7 Å². The number of hydrogen-bond acceptors (Lipinski definition) is 3. The molecule has 1 aromatic carbocycles. The van der Waals surface area contributed by atoms with Crippen LogP contribution in [0.5, 0.6) is 0 Å². The number of rotatable bonds is 3. The zero-order valence-corrected chi connectivity index (χ0v) is 11.3. The molecule has 0 aliphatic rings. The third-order valence-corrected chi connectivity index (χ3v) is 3.30. The highest BCUT2D eigenvalue weighted by atomic mass is 15.0. The fourth-order valence-electron chi connectivity index (χ4n) is 2.41. The lowest BCUT2D eigenvalue weighted by Crippen LogP contribution is -2.02. The van der Waals surface area contributed by atoms with Gasteiger partial charge in [-0.25, -0.2) is 9.97 Å². The molecule has 0 aliphatic heterocycles. The maximum absolute atomic E-state index is 5.67. The molecular formula is C16H16N4. The predicted molar refractivity (Wildman–Crippen MR) is 81.0 cm³/mol. The van der Waals surface area contributed by atoms with Crippen LogP contribution >= 0.6 is 0 Å². The van der Waals surface area contributed by atoms with E-state index in [1.54, 1.807) is 6.20 Å². The topological polar surface area (TPSA) is 56.7 Å². The third kappa shape index (κ3) is 2.16. The highest BCUT2D eigenvalue weighted by molar-refractivity contribution is 5.68. The quantitative estimate of drug-likeness (QED) is 0.790. The summed E-state index contributed by atoms with van der Waals surface area (Å²) in [6.45, 7) is 3.00. The fourth-order valence-corrected chi connectivity index (χ4v) is 2.41. The summed E-state index contributed by atoms with van der Waals surface area (Å²) in [5, 5.41) is 0. The Bertz CT molecular complexity index is 716. The van der Waals surface area contributed by atoms with Crippen molar-refractivity contribution in [1.82, 2.24) is 14.5 Å². The molecule has 0 spiro atoms. The van der Waals surface area contributed by atoms with Gasteiger partial charge in [-0.15, -0.1) is 0 Å². The van der Waals surface area contributed by atoms with Gasteiger partial charge in [0.2, 0.25) is 5.95 Å². The summed E-state index contributed by atoms with van der Waals surface area (Å²) < 4.78 is 2.23. The lowest BCUT2D eigenvalue weighted by Gasteiger charge is -2.11. The van der Waals surface area contributed by atoms with E-state index in [1.807, 2.05) is 24.3 Å². The van der Waals surface area contributed by atoms with E-state index in [4.69, 9.17) is 5.73 Å². The first-order valence-electron chi connectivity index (χ1n) is 6.63. The number of nitrogen functional groups attached to an aromatic ring is 1. The summed E-state index contributed by atoms with van der Waals surface area (Å²) in [6, 6.07) is 16.4. The first-order chi connectivity index (χ1) is 9.79. The normalized spacial score (nSPS) is 10.7. The van der Waals surface area contributed by atoms with Crippen molar-refractivity contribution in [2.45, 2.75) is 13.5 Å². The lowest BCUT2D eigenvalue weighted by molar-refractivity contribution is 0.782. The Morgan fingerprint density at radius 1 is 1.00 bits per heavy atom. The van der Waals surface area contributed by atoms with Crippen molar-refractivity contribution < 1.29 is 0 Å². The van der Waals surface area contributed by atoms with Gasteiger partial charge in [-0.05, 0) is 30.7 Å². The Kier molecular flexibility index (Phi) is 3.21. The van der Waals surface area contributed by atoms with Crippen LogP contribution in [0.2, 0.25) is 0 Å². The largest absolute Gasteiger partial charge is 0.368 e. The highest BCUT2D eigenvalue weighted by Crippen LogP contribution is 2.27. The number of nitrogens with two attached hydrogens (primary N) is 1. The minimum absolute atomic E-state index is 0.299. The second kappa shape index (κ2) is 5.17. The number of anilines is 1. The molecule has 0 atom stereocenters. The molecule has 2 heterocycles. The molecule has 0 bridgehead atoms. The summed E-state index contributed by atoms with van der Waals surface area (Å²) in [4.78, 5) is 8.25. The van der Waals surface area contributed by atoms with E-state index < -0.39 is 0 Å². The van der Waals surface area contributed by atoms with Crippen molar-refractivity contribution in [2.75, 3.05) is 5.73 Å². The molecule has 3 rings (SSSR count). The number of aromatic nitrogens is 3. The van der Waals surface area contributed by atoms with Gasteiger partial charge in [-0.2, -0.15) is 0 Å². The average molecular weight is 264 g/mol. The minimum atomic E-state index is 0.299. The molecule has 0 fully saturated rings. The molecule has 20 heavy (non-hydrogen) atoms. The molecule has 2 N–H and O–H groups in total. The maximum Gasteiger partial charge on any atom is 0.220 e. The number of benzene rings is 1. The number of hydrogen-bond donors (Lipinski definition) is 1. The molecular weight excluding hydrogens is 248 g/mol. The van der Waals surface area contributed by atoms with Crippen LogP contribution in [-0.2, 0) is 6.54 Å². The van der Waals surface area contributed by atoms with Gasteiger partial charge in [-0.1, -0.05) is 30.3 Å². The molecule has 0 unspecified atom stereocenters. The third-order valence-electron chi connectivity index (χ3n) is 3.30. The summed E-state index contributed by atoms with van der Waals surface area (Å²) in [5.41, 5.74) is 9.96. The minimum Gasteiger partial charge on any atom is -0.368 e. The standard InChI is InChI=1S/C16H16N4/c1-2-20-14(12-6-4-3-5-7-12)8-9-15(20)13-10-11-18-16(17)19-13/h3-11H,2H2,1H3,(H2,17,18,19). The van der Waals surface area contributed by atoms with Gasteiger partial charge >= 0.3 is 0 Å². The van der Waals surface area contributed by atoms with Gasteiger partial charge in [0.05, 0.1) is 11.4 Å². The predicted octanol–water partition coefficient (Wildman–Crippen LogP) is 3.21. The van der Waals surface area contributed by atoms with E-state index >= 15 is 0 Å². The van der Waals surface area contributed by atoms with Gasteiger partial charge in [0, 0.05) is 18.4 Å². The second-order valence-electron chi connectivity index (χ2n) is 4.51. The summed E-state index contributed by atoms with van der Waals surface area (Å²) in [6.07, 6.45) is 1.69. The van der Waals surface area contributed by atoms with Crippen LogP contribution in [-0.4, -0.2) is 14.5 Å². The molecule has 0 amide bonds. The highest BCUT2D eigenvalue weighted by Gasteiger charge is 2.11. The van der Waals surface area contributed by atoms with Crippen molar-refractivity contribution in [3.63, 3.8) is 0 Å². The van der Waals surface area contributed by atoms with E-state index in [-0.39, 0.29) is 0 Å². The van der Waals surface area contributed by atoms with Crippen LogP contribution in [0.25, 0.3) is 22.6 Å². The van der Waals surface area contributed by atoms with Crippen molar-refractivity contribution in [3.05, 3.63) is 54.7 Å². The Morgan fingerprint density at radius 3 is 2.45 bits per heavy atom. The van der Waals surface area contributed by atoms with Gasteiger partial charge in [0.15, 0.2) is 0 Å². The molecule has 4 nitrogen and oxygen atoms in total. The molecule has 0 aliphatic carbocycles. The first-order valence-corrected chi connectivity index (χ1v) is 6.63. The Morgan fingerprint density at radius 2 is 1.75 bits per heavy atom. The first kappa shape index (κ1) is 12.4. The van der Waals surface area contributed by atoms with E-state index in [1.165, 1.54) is 11.3 Å². The van der Waals surface area contributed by atoms with E-state index in [0.29, 0.717) is 5.95 Å². The van der Waals surface area contributed by atoms with Crippen LogP contribution in [0.4, 0.5) is 5.95 Å². The lowest BCUT2D eigenvalue weighted by atomic mass is 10.1. The van der Waals surface area contributed by atoms with Crippen LogP contribution in [0.15, 0.2) is 54.7 Å². The van der Waals surface area contributed by atoms with Crippen molar-refractivity contribution in [2.24, 2.45) is 0 Å². The zero-order valence-electron chi connectivity index (χ0n) is 11.3. The van der Waals surface area contributed by atoms with Crippen molar-refractivity contribution >= 4 is 5.95 Å². The van der Waals surface area contributed by atoms with Crippen molar-refractivity contribution in [3.8, 4) is 22.6 Å². The smallest absolute Gasteiger partial charge is 0.220 e. The monoisotopic (exact) mass is 264 g/mol. The zero-order chi connectivity index (χ0) is 13.9. The van der Waals surface area contributed by atoms with Crippen LogP contribution in [0.3, 0.4) is 0 Å². The van der Waals surface area contributed by atoms with Crippen LogP contribution in [0.1, 0.15) is 6.92 Å². The molecule has 4 heteroatoms. The molecule has 100 valence electrons. The van der Waals surface area contributed by atoms with Gasteiger partial charge < -0.3 is 10.3 Å². The van der Waals surface area contributed by atoms with Gasteiger partial charge in [0.1, 0.15) is 0 Å². The average Bonchev–Trinajstić information content (AvgIpc) is 2.92. The summed E-state index contributed by atoms with van der Waals surface area (Å²) in [7, 11) is 0. The SMILES string of the molecule is CCn1c(-c2ccccc2)ccc1-c1ccnc(N)n1. The molecule has 3 aromatic rings. The van der Waals surface area contributed by atoms with Crippen molar-refractivity contribution in [1.29, 1.82) is 0 Å². The Labute approximate surface area is 117 Å². The van der Waals surface area contributed by atoms with Gasteiger partial charge in [0.25, 0.3) is 0 Å². The second-order valence-corrected chi connectivity index (χ2v) is 4.51.